The number of nitrogens with zero attached hydrogens (tertiary/aromatic N) is 1. The molecule has 9 heteroatoms. The highest BCUT2D eigenvalue weighted by Gasteiger charge is 2.28. The Bertz CT molecular complexity index is 610. The van der Waals surface area contributed by atoms with E-state index in [-0.39, 0.29) is 19.1 Å². The molecule has 2 N–H and O–H groups in total. The highest BCUT2D eigenvalue weighted by atomic mass is 19.4. The fourth-order valence-electron chi connectivity index (χ4n) is 2.84. The molecule has 0 aromatic heterocycles. The quantitative estimate of drug-likeness (QED) is 0.591. The van der Waals surface area contributed by atoms with E-state index in [0.717, 1.165) is 4.90 Å². The Morgan fingerprint density at radius 2 is 2.15 bits per heavy atom. The molecule has 1 atom stereocenters. The van der Waals surface area contributed by atoms with Gasteiger partial charge in [-0.05, 0) is 51.1 Å². The van der Waals surface area contributed by atoms with Crippen LogP contribution >= 0.6 is 0 Å². The van der Waals surface area contributed by atoms with Gasteiger partial charge in [0, 0.05) is 12.1 Å². The maximum Gasteiger partial charge on any atom is 0.401 e. The number of rotatable bonds is 6. The van der Waals surface area contributed by atoms with Crippen molar-refractivity contribution in [3.05, 3.63) is 29.6 Å². The van der Waals surface area contributed by atoms with Crippen LogP contribution in [0.15, 0.2) is 18.2 Å². The van der Waals surface area contributed by atoms with Gasteiger partial charge in [-0.2, -0.15) is 13.2 Å². The van der Waals surface area contributed by atoms with Crippen molar-refractivity contribution in [1.82, 2.24) is 15.5 Å². The first-order valence-electron chi connectivity index (χ1n) is 8.46. The summed E-state index contributed by atoms with van der Waals surface area (Å²) in [5.41, 5.74) is 0.586. The second-order valence-electron chi connectivity index (χ2n) is 6.33. The van der Waals surface area contributed by atoms with Crippen LogP contribution in [0.5, 0.6) is 5.75 Å². The zero-order valence-corrected chi connectivity index (χ0v) is 14.5. The minimum absolute atomic E-state index is 0.213. The number of hydrogen-bond acceptors (Lipinski definition) is 3. The summed E-state index contributed by atoms with van der Waals surface area (Å²) >= 11 is 0. The van der Waals surface area contributed by atoms with Gasteiger partial charge in [-0.1, -0.05) is 0 Å². The highest BCUT2D eigenvalue weighted by molar-refractivity contribution is 5.74. The molecule has 1 aromatic rings. The standard InChI is InChI=1S/C17H23F4N3O2/c1-24(11-17(19,20)21)8-3-7-22-16(25)23-14-4-2-9-26-15-6-5-12(18)10-13(14)15/h5-6,10,14H,2-4,7-9,11H2,1H3,(H2,22,23,25). The van der Waals surface area contributed by atoms with Crippen LogP contribution < -0.4 is 15.4 Å². The number of ether oxygens (including phenoxy) is 1. The topological polar surface area (TPSA) is 53.6 Å². The number of hydrogen-bond donors (Lipinski definition) is 2. The lowest BCUT2D eigenvalue weighted by Gasteiger charge is -2.20. The van der Waals surface area contributed by atoms with E-state index in [1.165, 1.54) is 19.2 Å². The molecule has 1 heterocycles. The molecule has 0 fully saturated rings. The number of fused-ring (bicyclic) bond motifs is 1. The van der Waals surface area contributed by atoms with Crippen LogP contribution in [-0.2, 0) is 0 Å². The van der Waals surface area contributed by atoms with Crippen LogP contribution in [0.3, 0.4) is 0 Å². The molecule has 2 amide bonds. The first-order valence-corrected chi connectivity index (χ1v) is 8.46. The van der Waals surface area contributed by atoms with E-state index in [4.69, 9.17) is 4.74 Å². The minimum Gasteiger partial charge on any atom is -0.493 e. The second kappa shape index (κ2) is 9.07. The summed E-state index contributed by atoms with van der Waals surface area (Å²) in [6.45, 7) is -0.0358. The average molecular weight is 377 g/mol. The lowest BCUT2D eigenvalue weighted by atomic mass is 10.0. The van der Waals surface area contributed by atoms with Crippen LogP contribution in [0, 0.1) is 5.82 Å². The van der Waals surface area contributed by atoms with Gasteiger partial charge >= 0.3 is 12.2 Å². The number of alkyl halides is 3. The summed E-state index contributed by atoms with van der Waals surface area (Å²) in [5.74, 6) is 0.136. The van der Waals surface area contributed by atoms with Gasteiger partial charge in [-0.25, -0.2) is 9.18 Å². The predicted octanol–water partition coefficient (Wildman–Crippen LogP) is 3.22. The molecule has 0 saturated heterocycles. The van der Waals surface area contributed by atoms with Crippen LogP contribution in [0.4, 0.5) is 22.4 Å². The summed E-state index contributed by atoms with van der Waals surface area (Å²) in [5, 5.41) is 5.40. The zero-order chi connectivity index (χ0) is 19.2. The Balaban J connectivity index is 1.78. The van der Waals surface area contributed by atoms with Crippen molar-refractivity contribution < 1.29 is 27.1 Å². The van der Waals surface area contributed by atoms with E-state index in [0.29, 0.717) is 37.2 Å². The summed E-state index contributed by atoms with van der Waals surface area (Å²) < 4.78 is 55.7. The Morgan fingerprint density at radius 3 is 2.88 bits per heavy atom. The summed E-state index contributed by atoms with van der Waals surface area (Å²) in [7, 11) is 1.38. The van der Waals surface area contributed by atoms with Crippen molar-refractivity contribution in [3.63, 3.8) is 0 Å². The molecular weight excluding hydrogens is 354 g/mol. The highest BCUT2D eigenvalue weighted by Crippen LogP contribution is 2.31. The monoisotopic (exact) mass is 377 g/mol. The van der Waals surface area contributed by atoms with Crippen molar-refractivity contribution in [2.24, 2.45) is 0 Å². The second-order valence-corrected chi connectivity index (χ2v) is 6.33. The minimum atomic E-state index is -4.23. The maximum absolute atomic E-state index is 13.5. The molecule has 1 aliphatic rings. The normalized spacial score (nSPS) is 17.2. The van der Waals surface area contributed by atoms with Crippen LogP contribution in [-0.4, -0.2) is 50.4 Å². The number of halogens is 4. The average Bonchev–Trinajstić information content (AvgIpc) is 2.72. The summed E-state index contributed by atoms with van der Waals surface area (Å²) in [6.07, 6.45) is -2.52. The zero-order valence-electron chi connectivity index (χ0n) is 14.5. The van der Waals surface area contributed by atoms with E-state index in [2.05, 4.69) is 10.6 Å². The number of carbonyl (C=O) groups is 1. The van der Waals surface area contributed by atoms with Gasteiger partial charge in [0.25, 0.3) is 0 Å². The third-order valence-electron chi connectivity index (χ3n) is 4.00. The molecule has 1 aliphatic heterocycles. The van der Waals surface area contributed by atoms with Gasteiger partial charge in [0.15, 0.2) is 0 Å². The van der Waals surface area contributed by atoms with Gasteiger partial charge in [0.2, 0.25) is 0 Å². The first kappa shape index (κ1) is 20.3. The molecule has 5 nitrogen and oxygen atoms in total. The number of urea groups is 1. The van der Waals surface area contributed by atoms with E-state index >= 15 is 0 Å². The SMILES string of the molecule is CN(CCCNC(=O)NC1CCCOc2ccc(F)cc21)CC(F)(F)F. The Morgan fingerprint density at radius 1 is 1.38 bits per heavy atom. The lowest BCUT2D eigenvalue weighted by molar-refractivity contribution is -0.143. The number of nitrogens with one attached hydrogen (secondary N) is 2. The van der Waals surface area contributed by atoms with E-state index in [1.807, 2.05) is 0 Å². The van der Waals surface area contributed by atoms with Crippen molar-refractivity contribution >= 4 is 6.03 Å². The van der Waals surface area contributed by atoms with Crippen LogP contribution in [0.1, 0.15) is 30.9 Å². The van der Waals surface area contributed by atoms with Crippen LogP contribution in [0.25, 0.3) is 0 Å². The van der Waals surface area contributed by atoms with Crippen molar-refractivity contribution in [2.45, 2.75) is 31.5 Å². The van der Waals surface area contributed by atoms with Crippen LogP contribution in [0.2, 0.25) is 0 Å². The maximum atomic E-state index is 13.5. The van der Waals surface area contributed by atoms with Gasteiger partial charge in [-0.3, -0.25) is 4.90 Å². The first-order chi connectivity index (χ1) is 12.2. The molecule has 1 unspecified atom stereocenters. The van der Waals surface area contributed by atoms with Gasteiger partial charge in [0.1, 0.15) is 11.6 Å². The number of amides is 2. The molecular formula is C17H23F4N3O2. The molecule has 2 rings (SSSR count). The van der Waals surface area contributed by atoms with Crippen molar-refractivity contribution in [1.29, 1.82) is 0 Å². The summed E-state index contributed by atoms with van der Waals surface area (Å²) in [6, 6.07) is 3.37. The Labute approximate surface area is 149 Å². The molecule has 146 valence electrons. The van der Waals surface area contributed by atoms with Gasteiger partial charge < -0.3 is 15.4 Å². The van der Waals surface area contributed by atoms with E-state index < -0.39 is 24.6 Å². The third kappa shape index (κ3) is 6.70. The molecule has 1 aromatic carbocycles. The van der Waals surface area contributed by atoms with Crippen molar-refractivity contribution in [2.75, 3.05) is 33.3 Å². The van der Waals surface area contributed by atoms with E-state index in [1.54, 1.807) is 6.07 Å². The number of benzene rings is 1. The fourth-order valence-corrected chi connectivity index (χ4v) is 2.84. The molecule has 0 saturated carbocycles. The molecule has 26 heavy (non-hydrogen) atoms. The Hall–Kier alpha value is -2.03. The fraction of sp³-hybridized carbons (Fsp3) is 0.588. The predicted molar refractivity (Wildman–Crippen MR) is 88.6 cm³/mol. The lowest BCUT2D eigenvalue weighted by Crippen LogP contribution is -2.39. The van der Waals surface area contributed by atoms with Gasteiger partial charge in [-0.15, -0.1) is 0 Å². The van der Waals surface area contributed by atoms with Crippen molar-refractivity contribution in [3.8, 4) is 5.75 Å². The smallest absolute Gasteiger partial charge is 0.401 e. The summed E-state index contributed by atoms with van der Waals surface area (Å²) in [4.78, 5) is 13.2. The largest absolute Gasteiger partial charge is 0.493 e. The molecule has 0 spiro atoms. The van der Waals surface area contributed by atoms with E-state index in [9.17, 15) is 22.4 Å². The third-order valence-corrected chi connectivity index (χ3v) is 4.00. The molecule has 0 bridgehead atoms. The molecule has 0 radical (unpaired) electrons. The number of carbonyl (C=O) groups excluding carboxylic acids is 1. The Kier molecular flexibility index (Phi) is 7.07. The molecule has 0 aliphatic carbocycles. The van der Waals surface area contributed by atoms with Gasteiger partial charge in [0.05, 0.1) is 19.2 Å².